The Morgan fingerprint density at radius 2 is 1.92 bits per heavy atom. The molecule has 4 nitrogen and oxygen atoms in total. The standard InChI is InChI=1S/C21H26N2O2/c1-17-6-2-3-8-19(17)21(11-14-25-15-12-21)16-23-20(24)10-9-18-7-4-5-13-22-18/h2-8,13H,9-12,14-16H2,1H3,(H,23,24). The summed E-state index contributed by atoms with van der Waals surface area (Å²) in [5.41, 5.74) is 3.55. The van der Waals surface area contributed by atoms with Gasteiger partial charge in [0, 0.05) is 43.5 Å². The van der Waals surface area contributed by atoms with E-state index in [9.17, 15) is 4.79 Å². The first-order valence-electron chi connectivity index (χ1n) is 9.00. The summed E-state index contributed by atoms with van der Waals surface area (Å²) in [6.45, 7) is 4.31. The van der Waals surface area contributed by atoms with Crippen LogP contribution in [0.2, 0.25) is 0 Å². The fraction of sp³-hybridized carbons (Fsp3) is 0.429. The second kappa shape index (κ2) is 8.26. The molecule has 1 saturated heterocycles. The molecule has 4 heteroatoms. The van der Waals surface area contributed by atoms with Crippen LogP contribution in [0.15, 0.2) is 48.7 Å². The summed E-state index contributed by atoms with van der Waals surface area (Å²) in [6.07, 6.45) is 4.80. The van der Waals surface area contributed by atoms with Crippen LogP contribution in [0.25, 0.3) is 0 Å². The van der Waals surface area contributed by atoms with Gasteiger partial charge < -0.3 is 10.1 Å². The second-order valence-corrected chi connectivity index (χ2v) is 6.81. The van der Waals surface area contributed by atoms with E-state index >= 15 is 0 Å². The zero-order valence-corrected chi connectivity index (χ0v) is 14.8. The third-order valence-corrected chi connectivity index (χ3v) is 5.12. The SMILES string of the molecule is Cc1ccccc1C1(CNC(=O)CCc2ccccn2)CCOCC1. The summed E-state index contributed by atoms with van der Waals surface area (Å²) in [6, 6.07) is 14.3. The van der Waals surface area contributed by atoms with Crippen LogP contribution in [0.5, 0.6) is 0 Å². The zero-order valence-electron chi connectivity index (χ0n) is 14.8. The number of nitrogens with one attached hydrogen (secondary N) is 1. The summed E-state index contributed by atoms with van der Waals surface area (Å²) in [7, 11) is 0. The molecule has 1 fully saturated rings. The van der Waals surface area contributed by atoms with Crippen molar-refractivity contribution in [3.63, 3.8) is 0 Å². The number of amides is 1. The van der Waals surface area contributed by atoms with Crippen LogP contribution >= 0.6 is 0 Å². The van der Waals surface area contributed by atoms with Gasteiger partial charge in [0.05, 0.1) is 0 Å². The fourth-order valence-electron chi connectivity index (χ4n) is 3.62. The van der Waals surface area contributed by atoms with Gasteiger partial charge in [-0.3, -0.25) is 9.78 Å². The summed E-state index contributed by atoms with van der Waals surface area (Å²) >= 11 is 0. The smallest absolute Gasteiger partial charge is 0.220 e. The first-order chi connectivity index (χ1) is 12.2. The van der Waals surface area contributed by atoms with Crippen LogP contribution < -0.4 is 5.32 Å². The predicted octanol–water partition coefficient (Wildman–Crippen LogP) is 3.19. The van der Waals surface area contributed by atoms with E-state index in [0.29, 0.717) is 19.4 Å². The zero-order chi connectivity index (χ0) is 17.5. The monoisotopic (exact) mass is 338 g/mol. The molecular weight excluding hydrogens is 312 g/mol. The van der Waals surface area contributed by atoms with Crippen molar-refractivity contribution >= 4 is 5.91 Å². The van der Waals surface area contributed by atoms with Gasteiger partial charge >= 0.3 is 0 Å². The van der Waals surface area contributed by atoms with Gasteiger partial charge in [-0.15, -0.1) is 0 Å². The van der Waals surface area contributed by atoms with E-state index < -0.39 is 0 Å². The Bertz CT molecular complexity index is 694. The van der Waals surface area contributed by atoms with Gasteiger partial charge in [-0.1, -0.05) is 30.3 Å². The average Bonchev–Trinajstić information content (AvgIpc) is 2.67. The van der Waals surface area contributed by atoms with Gasteiger partial charge in [-0.05, 0) is 49.4 Å². The fourth-order valence-corrected chi connectivity index (χ4v) is 3.62. The van der Waals surface area contributed by atoms with Crippen LogP contribution in [0.1, 0.15) is 36.1 Å². The van der Waals surface area contributed by atoms with E-state index in [2.05, 4.69) is 41.5 Å². The van der Waals surface area contributed by atoms with E-state index in [4.69, 9.17) is 4.74 Å². The Labute approximate surface area is 149 Å². The molecular formula is C21H26N2O2. The summed E-state index contributed by atoms with van der Waals surface area (Å²) < 4.78 is 5.58. The van der Waals surface area contributed by atoms with Crippen LogP contribution in [-0.4, -0.2) is 30.6 Å². The average molecular weight is 338 g/mol. The molecule has 1 amide bonds. The van der Waals surface area contributed by atoms with E-state index in [0.717, 1.165) is 31.7 Å². The number of aromatic nitrogens is 1. The molecule has 132 valence electrons. The van der Waals surface area contributed by atoms with Gasteiger partial charge in [0.25, 0.3) is 0 Å². The van der Waals surface area contributed by atoms with E-state index in [1.54, 1.807) is 6.20 Å². The quantitative estimate of drug-likeness (QED) is 0.880. The lowest BCUT2D eigenvalue weighted by atomic mass is 9.72. The van der Waals surface area contributed by atoms with Crippen molar-refractivity contribution in [1.29, 1.82) is 0 Å². The van der Waals surface area contributed by atoms with Crippen molar-refractivity contribution in [3.05, 3.63) is 65.5 Å². The molecule has 0 radical (unpaired) electrons. The maximum Gasteiger partial charge on any atom is 0.220 e. The lowest BCUT2D eigenvalue weighted by molar-refractivity contribution is -0.121. The number of aryl methyl sites for hydroxylation is 2. The number of carbonyl (C=O) groups is 1. The molecule has 1 N–H and O–H groups in total. The molecule has 0 unspecified atom stereocenters. The van der Waals surface area contributed by atoms with Gasteiger partial charge in [-0.2, -0.15) is 0 Å². The summed E-state index contributed by atoms with van der Waals surface area (Å²) in [5, 5.41) is 3.17. The number of ether oxygens (including phenoxy) is 1. The minimum atomic E-state index is -0.0236. The second-order valence-electron chi connectivity index (χ2n) is 6.81. The Morgan fingerprint density at radius 3 is 2.64 bits per heavy atom. The predicted molar refractivity (Wildman–Crippen MR) is 98.5 cm³/mol. The molecule has 3 rings (SSSR count). The molecule has 1 aliphatic rings. The molecule has 0 atom stereocenters. The van der Waals surface area contributed by atoms with Crippen LogP contribution in [0.4, 0.5) is 0 Å². The largest absolute Gasteiger partial charge is 0.381 e. The molecule has 25 heavy (non-hydrogen) atoms. The maximum absolute atomic E-state index is 12.3. The van der Waals surface area contributed by atoms with Crippen molar-refractivity contribution < 1.29 is 9.53 Å². The van der Waals surface area contributed by atoms with Gasteiger partial charge in [0.2, 0.25) is 5.91 Å². The Morgan fingerprint density at radius 1 is 1.16 bits per heavy atom. The lowest BCUT2D eigenvalue weighted by Crippen LogP contribution is -2.45. The van der Waals surface area contributed by atoms with Crippen molar-refractivity contribution in [1.82, 2.24) is 10.3 Å². The highest BCUT2D eigenvalue weighted by Gasteiger charge is 2.35. The van der Waals surface area contributed by atoms with E-state index in [-0.39, 0.29) is 11.3 Å². The molecule has 0 bridgehead atoms. The number of nitrogens with zero attached hydrogens (tertiary/aromatic N) is 1. The third kappa shape index (κ3) is 4.45. The van der Waals surface area contributed by atoms with Crippen molar-refractivity contribution in [3.8, 4) is 0 Å². The molecule has 2 heterocycles. The molecule has 1 aromatic heterocycles. The number of benzene rings is 1. The van der Waals surface area contributed by atoms with Crippen molar-refractivity contribution in [2.24, 2.45) is 0 Å². The van der Waals surface area contributed by atoms with Crippen LogP contribution in [0.3, 0.4) is 0 Å². The molecule has 2 aromatic rings. The van der Waals surface area contributed by atoms with Gasteiger partial charge in [0.1, 0.15) is 0 Å². The highest BCUT2D eigenvalue weighted by molar-refractivity contribution is 5.76. The summed E-state index contributed by atoms with van der Waals surface area (Å²) in [4.78, 5) is 16.6. The normalized spacial score (nSPS) is 16.4. The number of hydrogen-bond donors (Lipinski definition) is 1. The number of rotatable bonds is 6. The maximum atomic E-state index is 12.3. The Kier molecular flexibility index (Phi) is 5.82. The number of carbonyl (C=O) groups excluding carboxylic acids is 1. The van der Waals surface area contributed by atoms with E-state index in [1.807, 2.05) is 18.2 Å². The first-order valence-corrected chi connectivity index (χ1v) is 9.00. The third-order valence-electron chi connectivity index (χ3n) is 5.12. The minimum Gasteiger partial charge on any atom is -0.381 e. The van der Waals surface area contributed by atoms with Crippen molar-refractivity contribution in [2.45, 2.75) is 38.0 Å². The molecule has 0 aliphatic carbocycles. The van der Waals surface area contributed by atoms with Gasteiger partial charge in [0.15, 0.2) is 0 Å². The number of hydrogen-bond acceptors (Lipinski definition) is 3. The number of pyridine rings is 1. The van der Waals surface area contributed by atoms with Crippen LogP contribution in [0, 0.1) is 6.92 Å². The summed E-state index contributed by atoms with van der Waals surface area (Å²) in [5.74, 6) is 0.0881. The van der Waals surface area contributed by atoms with Crippen LogP contribution in [-0.2, 0) is 21.4 Å². The highest BCUT2D eigenvalue weighted by Crippen LogP contribution is 2.36. The van der Waals surface area contributed by atoms with Crippen molar-refractivity contribution in [2.75, 3.05) is 19.8 Å². The highest BCUT2D eigenvalue weighted by atomic mass is 16.5. The molecule has 1 aromatic carbocycles. The first kappa shape index (κ1) is 17.6. The minimum absolute atomic E-state index is 0.0236. The molecule has 0 saturated carbocycles. The Hall–Kier alpha value is -2.20. The topological polar surface area (TPSA) is 51.2 Å². The molecule has 1 aliphatic heterocycles. The van der Waals surface area contributed by atoms with Gasteiger partial charge in [-0.25, -0.2) is 0 Å². The van der Waals surface area contributed by atoms with E-state index in [1.165, 1.54) is 11.1 Å². The Balaban J connectivity index is 1.63. The lowest BCUT2D eigenvalue weighted by Gasteiger charge is -2.39. The molecule has 0 spiro atoms.